The predicted molar refractivity (Wildman–Crippen MR) is 116 cm³/mol. The van der Waals surface area contributed by atoms with Gasteiger partial charge in [0.05, 0.1) is 22.7 Å². The number of amides is 1. The van der Waals surface area contributed by atoms with E-state index in [-0.39, 0.29) is 5.82 Å². The van der Waals surface area contributed by atoms with Crippen molar-refractivity contribution in [1.29, 1.82) is 0 Å². The standard InChI is InChI=1S/C22H17N7O2/c23-19(30)21-26-18-11-24-9-8-15(18)20(29-21)25-14-6-7-16-17(10-14)28-22(27-16)31-12-13-4-2-1-3-5-13/h1-11H,12H2,(H2,23,30)(H,27,28)(H,25,26,29). The van der Waals surface area contributed by atoms with Crippen LogP contribution in [0.2, 0.25) is 0 Å². The predicted octanol–water partition coefficient (Wildman–Crippen LogP) is 3.32. The van der Waals surface area contributed by atoms with Gasteiger partial charge in [-0.3, -0.25) is 9.78 Å². The van der Waals surface area contributed by atoms with E-state index in [1.165, 1.54) is 0 Å². The van der Waals surface area contributed by atoms with Crippen LogP contribution in [0.5, 0.6) is 6.01 Å². The van der Waals surface area contributed by atoms with E-state index in [9.17, 15) is 4.79 Å². The fourth-order valence-electron chi connectivity index (χ4n) is 3.18. The Morgan fingerprint density at radius 2 is 1.90 bits per heavy atom. The number of hydrogen-bond acceptors (Lipinski definition) is 7. The van der Waals surface area contributed by atoms with Crippen molar-refractivity contribution < 1.29 is 9.53 Å². The Labute approximate surface area is 176 Å². The van der Waals surface area contributed by atoms with E-state index in [4.69, 9.17) is 10.5 Å². The normalized spacial score (nSPS) is 11.0. The molecule has 0 fully saturated rings. The minimum Gasteiger partial charge on any atom is -0.460 e. The molecule has 4 N–H and O–H groups in total. The van der Waals surface area contributed by atoms with E-state index in [1.54, 1.807) is 18.5 Å². The first kappa shape index (κ1) is 18.5. The van der Waals surface area contributed by atoms with Crippen molar-refractivity contribution in [3.8, 4) is 6.01 Å². The first-order valence-corrected chi connectivity index (χ1v) is 9.51. The highest BCUT2D eigenvalue weighted by Crippen LogP contribution is 2.26. The van der Waals surface area contributed by atoms with Gasteiger partial charge < -0.3 is 20.8 Å². The summed E-state index contributed by atoms with van der Waals surface area (Å²) in [6, 6.07) is 17.7. The van der Waals surface area contributed by atoms with Crippen LogP contribution in [-0.2, 0) is 6.61 Å². The zero-order valence-electron chi connectivity index (χ0n) is 16.2. The molecule has 152 valence electrons. The van der Waals surface area contributed by atoms with Gasteiger partial charge in [-0.1, -0.05) is 30.3 Å². The minimum absolute atomic E-state index is 0.0813. The molecule has 3 aromatic heterocycles. The van der Waals surface area contributed by atoms with E-state index >= 15 is 0 Å². The number of benzene rings is 2. The van der Waals surface area contributed by atoms with Gasteiger partial charge in [-0.15, -0.1) is 0 Å². The summed E-state index contributed by atoms with van der Waals surface area (Å²) >= 11 is 0. The van der Waals surface area contributed by atoms with E-state index in [2.05, 4.69) is 30.2 Å². The number of primary amides is 1. The summed E-state index contributed by atoms with van der Waals surface area (Å²) < 4.78 is 5.77. The van der Waals surface area contributed by atoms with Crippen molar-refractivity contribution in [2.24, 2.45) is 5.73 Å². The summed E-state index contributed by atoms with van der Waals surface area (Å²) in [6.45, 7) is 0.419. The second-order valence-electron chi connectivity index (χ2n) is 6.83. The van der Waals surface area contributed by atoms with Crippen LogP contribution >= 0.6 is 0 Å². The van der Waals surface area contributed by atoms with Crippen molar-refractivity contribution in [1.82, 2.24) is 24.9 Å². The van der Waals surface area contributed by atoms with Gasteiger partial charge in [0, 0.05) is 17.3 Å². The summed E-state index contributed by atoms with van der Waals surface area (Å²) in [5.41, 5.74) is 9.26. The van der Waals surface area contributed by atoms with Crippen molar-refractivity contribution >= 4 is 39.3 Å². The molecule has 0 saturated heterocycles. The number of H-pyrrole nitrogens is 1. The van der Waals surface area contributed by atoms with Crippen LogP contribution in [0.3, 0.4) is 0 Å². The number of imidazole rings is 1. The summed E-state index contributed by atoms with van der Waals surface area (Å²) in [5, 5.41) is 3.95. The zero-order valence-corrected chi connectivity index (χ0v) is 16.2. The van der Waals surface area contributed by atoms with E-state index < -0.39 is 5.91 Å². The third-order valence-corrected chi connectivity index (χ3v) is 4.66. The molecule has 0 spiro atoms. The molecule has 3 heterocycles. The van der Waals surface area contributed by atoms with Gasteiger partial charge in [-0.2, -0.15) is 4.98 Å². The Hall–Kier alpha value is -4.53. The Bertz CT molecular complexity index is 1400. The van der Waals surface area contributed by atoms with Crippen LogP contribution < -0.4 is 15.8 Å². The summed E-state index contributed by atoms with van der Waals surface area (Å²) in [7, 11) is 0. The van der Waals surface area contributed by atoms with Crippen LogP contribution in [0.4, 0.5) is 11.5 Å². The summed E-state index contributed by atoms with van der Waals surface area (Å²) in [4.78, 5) is 31.7. The number of aromatic nitrogens is 5. The van der Waals surface area contributed by atoms with Crippen molar-refractivity contribution in [2.75, 3.05) is 5.32 Å². The molecule has 0 bridgehead atoms. The third-order valence-electron chi connectivity index (χ3n) is 4.66. The van der Waals surface area contributed by atoms with Crippen LogP contribution in [-0.4, -0.2) is 30.8 Å². The molecule has 0 aliphatic carbocycles. The fraction of sp³-hybridized carbons (Fsp3) is 0.0455. The molecule has 9 heteroatoms. The van der Waals surface area contributed by atoms with Crippen LogP contribution in [0, 0.1) is 0 Å². The quantitative estimate of drug-likeness (QED) is 0.390. The molecule has 2 aromatic carbocycles. The number of pyridine rings is 1. The molecule has 0 radical (unpaired) electrons. The molecular formula is C22H17N7O2. The van der Waals surface area contributed by atoms with Crippen LogP contribution in [0.1, 0.15) is 16.2 Å². The second-order valence-corrected chi connectivity index (χ2v) is 6.83. The number of nitrogens with two attached hydrogens (primary N) is 1. The van der Waals surface area contributed by atoms with E-state index in [0.717, 1.165) is 27.7 Å². The van der Waals surface area contributed by atoms with Crippen molar-refractivity contribution in [3.63, 3.8) is 0 Å². The maximum Gasteiger partial charge on any atom is 0.294 e. The first-order chi connectivity index (χ1) is 15.2. The van der Waals surface area contributed by atoms with Gasteiger partial charge in [0.15, 0.2) is 0 Å². The molecule has 0 aliphatic rings. The molecule has 31 heavy (non-hydrogen) atoms. The van der Waals surface area contributed by atoms with Gasteiger partial charge in [-0.05, 0) is 29.8 Å². The van der Waals surface area contributed by atoms with E-state index in [1.807, 2.05) is 48.5 Å². The molecule has 9 nitrogen and oxygen atoms in total. The molecular weight excluding hydrogens is 394 g/mol. The topological polar surface area (TPSA) is 132 Å². The van der Waals surface area contributed by atoms with E-state index in [0.29, 0.717) is 24.0 Å². The lowest BCUT2D eigenvalue weighted by molar-refractivity contribution is 0.0991. The average molecular weight is 411 g/mol. The number of carbonyl (C=O) groups excluding carboxylic acids is 1. The number of hydrogen-bond donors (Lipinski definition) is 3. The average Bonchev–Trinajstić information content (AvgIpc) is 3.20. The maximum absolute atomic E-state index is 11.6. The number of aromatic amines is 1. The second kappa shape index (κ2) is 7.71. The fourth-order valence-corrected chi connectivity index (χ4v) is 3.18. The molecule has 0 atom stereocenters. The van der Waals surface area contributed by atoms with Crippen molar-refractivity contribution in [2.45, 2.75) is 6.61 Å². The molecule has 1 amide bonds. The van der Waals surface area contributed by atoms with Gasteiger partial charge in [-0.25, -0.2) is 9.97 Å². The number of ether oxygens (including phenoxy) is 1. The highest BCUT2D eigenvalue weighted by atomic mass is 16.5. The highest BCUT2D eigenvalue weighted by Gasteiger charge is 2.12. The molecule has 0 saturated carbocycles. The highest BCUT2D eigenvalue weighted by molar-refractivity contribution is 5.96. The van der Waals surface area contributed by atoms with Crippen LogP contribution in [0.15, 0.2) is 67.0 Å². The monoisotopic (exact) mass is 411 g/mol. The minimum atomic E-state index is -0.710. The molecule has 5 rings (SSSR count). The number of rotatable bonds is 6. The zero-order chi connectivity index (χ0) is 21.2. The molecule has 0 aliphatic heterocycles. The lowest BCUT2D eigenvalue weighted by atomic mass is 10.2. The van der Waals surface area contributed by atoms with Gasteiger partial charge in [0.2, 0.25) is 5.82 Å². The number of nitrogens with zero attached hydrogens (tertiary/aromatic N) is 4. The summed E-state index contributed by atoms with van der Waals surface area (Å²) in [5.74, 6) is -0.333. The lowest BCUT2D eigenvalue weighted by Crippen LogP contribution is -2.16. The van der Waals surface area contributed by atoms with Crippen LogP contribution in [0.25, 0.3) is 21.9 Å². The SMILES string of the molecule is NC(=O)c1nc(Nc2ccc3nc(OCc4ccccc4)[nH]c3c2)c2ccncc2n1. The van der Waals surface area contributed by atoms with Gasteiger partial charge >= 0.3 is 0 Å². The maximum atomic E-state index is 11.6. The van der Waals surface area contributed by atoms with Crippen molar-refractivity contribution in [3.05, 3.63) is 78.4 Å². The Morgan fingerprint density at radius 1 is 1.03 bits per heavy atom. The van der Waals surface area contributed by atoms with Gasteiger partial charge in [0.1, 0.15) is 12.4 Å². The number of fused-ring (bicyclic) bond motifs is 2. The number of anilines is 2. The lowest BCUT2D eigenvalue weighted by Gasteiger charge is -2.09. The number of carbonyl (C=O) groups is 1. The third kappa shape index (κ3) is 3.84. The Kier molecular flexibility index (Phi) is 4.60. The smallest absolute Gasteiger partial charge is 0.294 e. The number of nitrogens with one attached hydrogen (secondary N) is 2. The summed E-state index contributed by atoms with van der Waals surface area (Å²) in [6.07, 6.45) is 3.19. The first-order valence-electron chi connectivity index (χ1n) is 9.51. The molecule has 0 unspecified atom stereocenters. The van der Waals surface area contributed by atoms with Gasteiger partial charge in [0.25, 0.3) is 11.9 Å². The Balaban J connectivity index is 1.43. The Morgan fingerprint density at radius 3 is 2.74 bits per heavy atom. The molecule has 5 aromatic rings. The largest absolute Gasteiger partial charge is 0.460 e.